The minimum atomic E-state index is -4.13. The van der Waals surface area contributed by atoms with Crippen molar-refractivity contribution in [3.8, 4) is 0 Å². The Kier molecular flexibility index (Phi) is 12.9. The molecule has 0 bridgehead atoms. The third-order valence-electron chi connectivity index (χ3n) is 2.55. The quantitative estimate of drug-likeness (QED) is 0.299. The summed E-state index contributed by atoms with van der Waals surface area (Å²) in [6.07, 6.45) is -0.536. The Morgan fingerprint density at radius 3 is 2.37 bits per heavy atom. The predicted molar refractivity (Wildman–Crippen MR) is 84.2 cm³/mol. The first-order valence-electron chi connectivity index (χ1n) is 6.43. The molecule has 0 fully saturated rings. The highest BCUT2D eigenvalue weighted by atomic mass is 127. The molecule has 0 aromatic heterocycles. The molecule has 0 aliphatic rings. The summed E-state index contributed by atoms with van der Waals surface area (Å²) in [4.78, 5) is 3.90. The molecular formula is C12H25F3IN3. The second-order valence-electron chi connectivity index (χ2n) is 4.41. The van der Waals surface area contributed by atoms with Crippen molar-refractivity contribution >= 4 is 29.9 Å². The van der Waals surface area contributed by atoms with Gasteiger partial charge in [-0.3, -0.25) is 4.99 Å². The summed E-state index contributed by atoms with van der Waals surface area (Å²) in [7, 11) is 1.56. The fraction of sp³-hybridized carbons (Fsp3) is 0.917. The third-order valence-corrected chi connectivity index (χ3v) is 2.55. The maximum Gasteiger partial charge on any atom is 0.390 e. The van der Waals surface area contributed by atoms with Gasteiger partial charge in [-0.25, -0.2) is 0 Å². The number of rotatable bonds is 7. The monoisotopic (exact) mass is 395 g/mol. The first-order valence-corrected chi connectivity index (χ1v) is 6.43. The third kappa shape index (κ3) is 14.0. The number of nitrogens with one attached hydrogen (secondary N) is 2. The number of hydrogen-bond acceptors (Lipinski definition) is 1. The van der Waals surface area contributed by atoms with Crippen molar-refractivity contribution in [3.63, 3.8) is 0 Å². The average Bonchev–Trinajstić information content (AvgIpc) is 2.26. The Morgan fingerprint density at radius 1 is 1.26 bits per heavy atom. The van der Waals surface area contributed by atoms with E-state index in [1.54, 1.807) is 7.05 Å². The number of halogens is 4. The maximum absolute atomic E-state index is 12.0. The Morgan fingerprint density at radius 2 is 1.89 bits per heavy atom. The molecule has 19 heavy (non-hydrogen) atoms. The van der Waals surface area contributed by atoms with Gasteiger partial charge < -0.3 is 10.6 Å². The summed E-state index contributed by atoms with van der Waals surface area (Å²) >= 11 is 0. The fourth-order valence-corrected chi connectivity index (χ4v) is 1.52. The van der Waals surface area contributed by atoms with Gasteiger partial charge in [0, 0.05) is 19.6 Å². The van der Waals surface area contributed by atoms with Gasteiger partial charge in [0.25, 0.3) is 0 Å². The molecule has 0 spiro atoms. The van der Waals surface area contributed by atoms with E-state index in [-0.39, 0.29) is 36.6 Å². The molecule has 1 unspecified atom stereocenters. The van der Waals surface area contributed by atoms with Crippen LogP contribution in [0.4, 0.5) is 13.2 Å². The molecule has 0 saturated carbocycles. The minimum Gasteiger partial charge on any atom is -0.356 e. The Hall–Kier alpha value is -0.210. The van der Waals surface area contributed by atoms with E-state index in [0.29, 0.717) is 5.96 Å². The number of alkyl halides is 3. The van der Waals surface area contributed by atoms with Crippen LogP contribution in [0.1, 0.15) is 46.0 Å². The van der Waals surface area contributed by atoms with Crippen molar-refractivity contribution < 1.29 is 13.2 Å². The van der Waals surface area contributed by atoms with E-state index in [1.165, 1.54) is 6.42 Å². The second-order valence-corrected chi connectivity index (χ2v) is 4.41. The minimum absolute atomic E-state index is 0. The zero-order chi connectivity index (χ0) is 14.0. The van der Waals surface area contributed by atoms with Crippen molar-refractivity contribution in [2.45, 2.75) is 58.2 Å². The van der Waals surface area contributed by atoms with Crippen LogP contribution in [0.15, 0.2) is 4.99 Å². The van der Waals surface area contributed by atoms with Gasteiger partial charge in [0.1, 0.15) is 0 Å². The highest BCUT2D eigenvalue weighted by Crippen LogP contribution is 2.18. The van der Waals surface area contributed by atoms with Crippen LogP contribution in [0.25, 0.3) is 0 Å². The largest absolute Gasteiger partial charge is 0.390 e. The van der Waals surface area contributed by atoms with Crippen LogP contribution < -0.4 is 10.6 Å². The lowest BCUT2D eigenvalue weighted by atomic mass is 10.1. The first kappa shape index (κ1) is 21.1. The van der Waals surface area contributed by atoms with E-state index in [4.69, 9.17) is 0 Å². The predicted octanol–water partition coefficient (Wildman–Crippen LogP) is 3.69. The summed E-state index contributed by atoms with van der Waals surface area (Å²) in [6, 6.07) is 0.216. The molecule has 0 aliphatic carbocycles. The average molecular weight is 395 g/mol. The molecule has 0 heterocycles. The van der Waals surface area contributed by atoms with E-state index >= 15 is 0 Å². The summed E-state index contributed by atoms with van der Waals surface area (Å²) in [5.41, 5.74) is 0. The lowest BCUT2D eigenvalue weighted by Gasteiger charge is -2.18. The summed E-state index contributed by atoms with van der Waals surface area (Å²) < 4.78 is 35.9. The van der Waals surface area contributed by atoms with Crippen molar-refractivity contribution in [2.75, 3.05) is 13.6 Å². The van der Waals surface area contributed by atoms with Gasteiger partial charge in [0.15, 0.2) is 5.96 Å². The molecule has 0 amide bonds. The summed E-state index contributed by atoms with van der Waals surface area (Å²) in [5.74, 6) is 0.434. The molecule has 0 rings (SSSR count). The van der Waals surface area contributed by atoms with Gasteiger partial charge in [-0.2, -0.15) is 13.2 Å². The van der Waals surface area contributed by atoms with Gasteiger partial charge in [-0.1, -0.05) is 26.2 Å². The van der Waals surface area contributed by atoms with Crippen molar-refractivity contribution in [1.82, 2.24) is 10.6 Å². The maximum atomic E-state index is 12.0. The Labute approximate surface area is 130 Å². The molecular weight excluding hydrogens is 370 g/mol. The smallest absolute Gasteiger partial charge is 0.356 e. The van der Waals surface area contributed by atoms with Gasteiger partial charge in [-0.15, -0.1) is 24.0 Å². The highest BCUT2D eigenvalue weighted by Gasteiger charge is 2.26. The number of aliphatic imine (C=N–C) groups is 1. The normalized spacial score (nSPS) is 13.7. The molecule has 116 valence electrons. The molecule has 7 heteroatoms. The lowest BCUT2D eigenvalue weighted by Crippen LogP contribution is -2.43. The van der Waals surface area contributed by atoms with E-state index in [9.17, 15) is 13.2 Å². The zero-order valence-electron chi connectivity index (χ0n) is 11.8. The Balaban J connectivity index is 0. The first-order chi connectivity index (χ1) is 8.39. The van der Waals surface area contributed by atoms with Crippen LogP contribution in [0.5, 0.6) is 0 Å². The van der Waals surface area contributed by atoms with E-state index < -0.39 is 12.6 Å². The van der Waals surface area contributed by atoms with Gasteiger partial charge >= 0.3 is 6.18 Å². The molecule has 2 N–H and O–H groups in total. The van der Waals surface area contributed by atoms with Crippen LogP contribution >= 0.6 is 24.0 Å². The molecule has 0 aromatic rings. The lowest BCUT2D eigenvalue weighted by molar-refractivity contribution is -0.132. The molecule has 3 nitrogen and oxygen atoms in total. The van der Waals surface area contributed by atoms with E-state index in [0.717, 1.165) is 19.3 Å². The van der Waals surface area contributed by atoms with Crippen LogP contribution in [0, 0.1) is 0 Å². The molecule has 0 aromatic carbocycles. The molecule has 0 aliphatic heterocycles. The number of nitrogens with zero attached hydrogens (tertiary/aromatic N) is 1. The number of guanidine groups is 1. The number of hydrogen-bond donors (Lipinski definition) is 2. The second kappa shape index (κ2) is 11.6. The fourth-order valence-electron chi connectivity index (χ4n) is 1.52. The van der Waals surface area contributed by atoms with Crippen LogP contribution in [0.3, 0.4) is 0 Å². The van der Waals surface area contributed by atoms with Crippen molar-refractivity contribution in [1.29, 1.82) is 0 Å². The van der Waals surface area contributed by atoms with Crippen LogP contribution in [-0.2, 0) is 0 Å². The molecule has 0 radical (unpaired) electrons. The van der Waals surface area contributed by atoms with E-state index in [2.05, 4.69) is 22.5 Å². The summed E-state index contributed by atoms with van der Waals surface area (Å²) in [6.45, 7) is 3.99. The number of unbranched alkanes of at least 4 members (excludes halogenated alkanes) is 2. The van der Waals surface area contributed by atoms with Gasteiger partial charge in [-0.05, 0) is 13.3 Å². The van der Waals surface area contributed by atoms with Crippen molar-refractivity contribution in [3.05, 3.63) is 0 Å². The molecule has 0 saturated heterocycles. The summed E-state index contributed by atoms with van der Waals surface area (Å²) in [5, 5.41) is 5.75. The van der Waals surface area contributed by atoms with Crippen LogP contribution in [0.2, 0.25) is 0 Å². The van der Waals surface area contributed by atoms with E-state index in [1.807, 2.05) is 6.92 Å². The van der Waals surface area contributed by atoms with Crippen LogP contribution in [-0.4, -0.2) is 31.8 Å². The zero-order valence-corrected chi connectivity index (χ0v) is 14.1. The molecule has 1 atom stereocenters. The van der Waals surface area contributed by atoms with Gasteiger partial charge in [0.05, 0.1) is 6.42 Å². The van der Waals surface area contributed by atoms with Crippen molar-refractivity contribution in [2.24, 2.45) is 4.99 Å². The standard InChI is InChI=1S/C12H24F3N3.HI/c1-4-5-6-7-10(2)18-11(16-3)17-9-8-12(13,14)15;/h10H,4-9H2,1-3H3,(H2,16,17,18);1H. The highest BCUT2D eigenvalue weighted by molar-refractivity contribution is 14.0. The Bertz CT molecular complexity index is 245. The SMILES string of the molecule is CCCCCC(C)NC(=NC)NCCC(F)(F)F.I. The van der Waals surface area contributed by atoms with Gasteiger partial charge in [0.2, 0.25) is 0 Å². The topological polar surface area (TPSA) is 36.4 Å².